The molecule has 1 aromatic carbocycles. The van der Waals surface area contributed by atoms with Gasteiger partial charge in [0, 0.05) is 16.4 Å². The molecule has 3 rings (SSSR count). The lowest BCUT2D eigenvalue weighted by Gasteiger charge is -2.16. The number of carbonyl (C=O) groups is 1. The van der Waals surface area contributed by atoms with Gasteiger partial charge in [-0.25, -0.2) is 15.0 Å². The number of nitrogens with one attached hydrogen (secondary N) is 1. The molecule has 6 heteroatoms. The van der Waals surface area contributed by atoms with Crippen LogP contribution in [0.25, 0.3) is 10.6 Å². The largest absolute Gasteiger partial charge is 0.318 e. The number of aromatic nitrogens is 3. The Bertz CT molecular complexity index is 939. The first kappa shape index (κ1) is 18.2. The Morgan fingerprint density at radius 2 is 1.81 bits per heavy atom. The third-order valence-corrected chi connectivity index (χ3v) is 4.81. The van der Waals surface area contributed by atoms with Crippen molar-refractivity contribution in [2.24, 2.45) is 0 Å². The second kappa shape index (κ2) is 6.96. The van der Waals surface area contributed by atoms with Crippen LogP contribution >= 0.6 is 11.3 Å². The SMILES string of the molecule is Cc1ccc(-c2nc(C(=O)Nc3cnc(C(C)(C)C)nc3)cs2)c(C)c1. The maximum absolute atomic E-state index is 12.5. The van der Waals surface area contributed by atoms with E-state index in [0.29, 0.717) is 11.4 Å². The van der Waals surface area contributed by atoms with Gasteiger partial charge in [0.15, 0.2) is 0 Å². The van der Waals surface area contributed by atoms with Crippen LogP contribution in [0.2, 0.25) is 0 Å². The van der Waals surface area contributed by atoms with Crippen LogP contribution in [0.15, 0.2) is 36.0 Å². The lowest BCUT2D eigenvalue weighted by molar-refractivity contribution is 0.102. The first-order valence-electron chi connectivity index (χ1n) is 8.41. The maximum atomic E-state index is 12.5. The van der Waals surface area contributed by atoms with Gasteiger partial charge in [-0.2, -0.15) is 0 Å². The van der Waals surface area contributed by atoms with Crippen molar-refractivity contribution in [2.75, 3.05) is 5.32 Å². The van der Waals surface area contributed by atoms with E-state index in [1.54, 1.807) is 17.8 Å². The van der Waals surface area contributed by atoms with Crippen LogP contribution < -0.4 is 5.32 Å². The Balaban J connectivity index is 1.76. The van der Waals surface area contributed by atoms with Crippen LogP contribution in [0.1, 0.15) is 48.2 Å². The van der Waals surface area contributed by atoms with Gasteiger partial charge < -0.3 is 5.32 Å². The minimum Gasteiger partial charge on any atom is -0.318 e. The average molecular weight is 366 g/mol. The van der Waals surface area contributed by atoms with Gasteiger partial charge in [0.05, 0.1) is 18.1 Å². The fraction of sp³-hybridized carbons (Fsp3) is 0.300. The van der Waals surface area contributed by atoms with E-state index in [1.165, 1.54) is 16.9 Å². The molecule has 2 heterocycles. The summed E-state index contributed by atoms with van der Waals surface area (Å²) in [6.07, 6.45) is 3.26. The molecule has 3 aromatic rings. The molecule has 2 aromatic heterocycles. The highest BCUT2D eigenvalue weighted by molar-refractivity contribution is 7.13. The highest BCUT2D eigenvalue weighted by atomic mass is 32.1. The number of carbonyl (C=O) groups excluding carboxylic acids is 1. The number of hydrogen-bond donors (Lipinski definition) is 1. The minimum atomic E-state index is -0.260. The average Bonchev–Trinajstić information content (AvgIpc) is 3.04. The molecule has 0 aliphatic heterocycles. The molecule has 1 N–H and O–H groups in total. The molecule has 0 spiro atoms. The third-order valence-electron chi connectivity index (χ3n) is 3.93. The van der Waals surface area contributed by atoms with Gasteiger partial charge in [-0.15, -0.1) is 11.3 Å². The summed E-state index contributed by atoms with van der Waals surface area (Å²) >= 11 is 1.46. The zero-order chi connectivity index (χ0) is 18.9. The zero-order valence-electron chi connectivity index (χ0n) is 15.6. The molecule has 0 saturated carbocycles. The van der Waals surface area contributed by atoms with Gasteiger partial charge in [-0.05, 0) is 19.4 Å². The van der Waals surface area contributed by atoms with Crippen molar-refractivity contribution in [3.8, 4) is 10.6 Å². The molecular formula is C20H22N4OS. The zero-order valence-corrected chi connectivity index (χ0v) is 16.4. The highest BCUT2D eigenvalue weighted by Gasteiger charge is 2.18. The summed E-state index contributed by atoms with van der Waals surface area (Å²) in [4.78, 5) is 25.6. The Morgan fingerprint density at radius 1 is 1.12 bits per heavy atom. The van der Waals surface area contributed by atoms with E-state index in [1.807, 2.05) is 26.8 Å². The first-order valence-corrected chi connectivity index (χ1v) is 9.29. The van der Waals surface area contributed by atoms with E-state index in [-0.39, 0.29) is 11.3 Å². The molecule has 0 aliphatic rings. The summed E-state index contributed by atoms with van der Waals surface area (Å²) < 4.78 is 0. The van der Waals surface area contributed by atoms with Crippen LogP contribution in [0, 0.1) is 13.8 Å². The van der Waals surface area contributed by atoms with Gasteiger partial charge in [0.1, 0.15) is 16.5 Å². The monoisotopic (exact) mass is 366 g/mol. The fourth-order valence-corrected chi connectivity index (χ4v) is 3.42. The van der Waals surface area contributed by atoms with Crippen molar-refractivity contribution in [1.29, 1.82) is 0 Å². The van der Waals surface area contributed by atoms with Gasteiger partial charge in [-0.3, -0.25) is 4.79 Å². The Hall–Kier alpha value is -2.60. The maximum Gasteiger partial charge on any atom is 0.275 e. The quantitative estimate of drug-likeness (QED) is 0.725. The summed E-state index contributed by atoms with van der Waals surface area (Å²) in [5.41, 5.74) is 4.24. The van der Waals surface area contributed by atoms with Crippen molar-refractivity contribution in [3.05, 3.63) is 58.6 Å². The van der Waals surface area contributed by atoms with Crippen molar-refractivity contribution >= 4 is 22.9 Å². The number of rotatable bonds is 3. The van der Waals surface area contributed by atoms with Crippen molar-refractivity contribution < 1.29 is 4.79 Å². The summed E-state index contributed by atoms with van der Waals surface area (Å²) in [6.45, 7) is 10.3. The lowest BCUT2D eigenvalue weighted by atomic mass is 9.96. The Labute approximate surface area is 157 Å². The van der Waals surface area contributed by atoms with E-state index in [4.69, 9.17) is 0 Å². The summed E-state index contributed by atoms with van der Waals surface area (Å²) in [5, 5.41) is 5.42. The number of amides is 1. The fourth-order valence-electron chi connectivity index (χ4n) is 2.53. The number of aryl methyl sites for hydroxylation is 2. The number of nitrogens with zero attached hydrogens (tertiary/aromatic N) is 3. The lowest BCUT2D eigenvalue weighted by Crippen LogP contribution is -2.17. The van der Waals surface area contributed by atoms with E-state index in [0.717, 1.165) is 22.0 Å². The van der Waals surface area contributed by atoms with E-state index in [9.17, 15) is 4.79 Å². The van der Waals surface area contributed by atoms with E-state index >= 15 is 0 Å². The molecule has 1 amide bonds. The summed E-state index contributed by atoms with van der Waals surface area (Å²) in [5.74, 6) is 0.477. The van der Waals surface area contributed by atoms with Crippen LogP contribution in [0.4, 0.5) is 5.69 Å². The van der Waals surface area contributed by atoms with Gasteiger partial charge >= 0.3 is 0 Å². The number of hydrogen-bond acceptors (Lipinski definition) is 5. The molecule has 0 atom stereocenters. The van der Waals surface area contributed by atoms with Crippen molar-refractivity contribution in [1.82, 2.24) is 15.0 Å². The molecule has 26 heavy (non-hydrogen) atoms. The predicted molar refractivity (Wildman–Crippen MR) is 106 cm³/mol. The van der Waals surface area contributed by atoms with Gasteiger partial charge in [0.25, 0.3) is 5.91 Å². The minimum absolute atomic E-state index is 0.127. The van der Waals surface area contributed by atoms with Crippen LogP contribution in [-0.2, 0) is 5.41 Å². The molecule has 0 aliphatic carbocycles. The molecule has 0 fully saturated rings. The normalized spacial score (nSPS) is 11.4. The van der Waals surface area contributed by atoms with Gasteiger partial charge in [-0.1, -0.05) is 44.5 Å². The molecule has 0 saturated heterocycles. The molecule has 5 nitrogen and oxygen atoms in total. The van der Waals surface area contributed by atoms with Crippen molar-refractivity contribution in [3.63, 3.8) is 0 Å². The Morgan fingerprint density at radius 3 is 2.42 bits per heavy atom. The second-order valence-corrected chi connectivity index (χ2v) is 8.21. The van der Waals surface area contributed by atoms with Gasteiger partial charge in [0.2, 0.25) is 0 Å². The van der Waals surface area contributed by atoms with E-state index < -0.39 is 0 Å². The van der Waals surface area contributed by atoms with E-state index in [2.05, 4.69) is 46.2 Å². The smallest absolute Gasteiger partial charge is 0.275 e. The Kier molecular flexibility index (Phi) is 4.87. The van der Waals surface area contributed by atoms with Crippen LogP contribution in [0.5, 0.6) is 0 Å². The summed E-state index contributed by atoms with van der Waals surface area (Å²) in [7, 11) is 0. The number of benzene rings is 1. The highest BCUT2D eigenvalue weighted by Crippen LogP contribution is 2.27. The molecule has 0 bridgehead atoms. The topological polar surface area (TPSA) is 67.8 Å². The molecule has 0 radical (unpaired) electrons. The number of anilines is 1. The molecule has 134 valence electrons. The standard InChI is InChI=1S/C20H22N4OS/c1-12-6-7-15(13(2)8-12)18-24-16(11-26-18)17(25)23-14-9-21-19(22-10-14)20(3,4)5/h6-11H,1-5H3,(H,23,25). The van der Waals surface area contributed by atoms with Crippen LogP contribution in [-0.4, -0.2) is 20.9 Å². The van der Waals surface area contributed by atoms with Crippen molar-refractivity contribution in [2.45, 2.75) is 40.0 Å². The second-order valence-electron chi connectivity index (χ2n) is 7.36. The number of thiazole rings is 1. The first-order chi connectivity index (χ1) is 12.2. The molecule has 0 unspecified atom stereocenters. The predicted octanol–water partition coefficient (Wildman–Crippen LogP) is 4.77. The summed E-state index contributed by atoms with van der Waals surface area (Å²) in [6, 6.07) is 6.21. The third kappa shape index (κ3) is 3.96. The molecular weight excluding hydrogens is 344 g/mol. The van der Waals surface area contributed by atoms with Crippen LogP contribution in [0.3, 0.4) is 0 Å².